The fraction of sp³-hybridized carbons (Fsp3) is 0.919. The van der Waals surface area contributed by atoms with Crippen LogP contribution in [-0.4, -0.2) is 98.3 Å². The van der Waals surface area contributed by atoms with Crippen molar-refractivity contribution in [2.24, 2.45) is 0 Å². The molecule has 0 saturated carbocycles. The van der Waals surface area contributed by atoms with E-state index in [1.165, 1.54) is 0 Å². The van der Waals surface area contributed by atoms with Crippen molar-refractivity contribution in [1.82, 2.24) is 24.8 Å². The van der Waals surface area contributed by atoms with Crippen molar-refractivity contribution in [3.05, 3.63) is 0 Å². The van der Waals surface area contributed by atoms with E-state index in [1.807, 2.05) is 0 Å². The van der Waals surface area contributed by atoms with Gasteiger partial charge in [0.15, 0.2) is 0 Å². The summed E-state index contributed by atoms with van der Waals surface area (Å²) in [5, 5.41) is 0. The van der Waals surface area contributed by atoms with Gasteiger partial charge in [-0.3, -0.25) is 9.80 Å². The van der Waals surface area contributed by atoms with Crippen LogP contribution in [0.1, 0.15) is 148 Å². The van der Waals surface area contributed by atoms with Gasteiger partial charge in [0.25, 0.3) is 0 Å². The van der Waals surface area contributed by atoms with Crippen LogP contribution >= 0.6 is 0 Å². The van der Waals surface area contributed by atoms with Crippen molar-refractivity contribution in [3.63, 3.8) is 0 Å². The lowest BCUT2D eigenvalue weighted by atomic mass is 9.76. The number of nitrogens with zero attached hydrogens (tertiary/aromatic N) is 8. The molecule has 1 aromatic heterocycles. The summed E-state index contributed by atoms with van der Waals surface area (Å²) in [4.78, 5) is 29.0. The largest absolute Gasteiger partial charge is 0.341 e. The second-order valence-corrected chi connectivity index (χ2v) is 16.4. The lowest BCUT2D eigenvalue weighted by Gasteiger charge is -2.57. The fourth-order valence-electron chi connectivity index (χ4n) is 9.56. The molecule has 45 heavy (non-hydrogen) atoms. The standard InChI is InChI=1S/C37H72N8/c1-15-21-23-41(24-22-16-2)31-38-32(42(17-3)29-25-34(7,8)44(19-5)35(9,10)26-29)40-33(39-31)43(18-4)30-27-36(11,12)45(20-6)37(13,14)28-30/h29-30H,15-28H2,1-14H3. The van der Waals surface area contributed by atoms with Crippen molar-refractivity contribution in [2.45, 2.75) is 183 Å². The molecule has 0 radical (unpaired) electrons. The Morgan fingerprint density at radius 2 is 0.844 bits per heavy atom. The fourth-order valence-corrected chi connectivity index (χ4v) is 9.56. The molecule has 0 aromatic carbocycles. The number of hydrogen-bond donors (Lipinski definition) is 0. The van der Waals surface area contributed by atoms with Crippen molar-refractivity contribution in [1.29, 1.82) is 0 Å². The number of unbranched alkanes of at least 4 members (excludes halogenated alkanes) is 2. The Labute approximate surface area is 278 Å². The molecular formula is C37H72N8. The second-order valence-electron chi connectivity index (χ2n) is 16.4. The maximum absolute atomic E-state index is 5.41. The summed E-state index contributed by atoms with van der Waals surface area (Å²) < 4.78 is 0. The van der Waals surface area contributed by atoms with Gasteiger partial charge >= 0.3 is 0 Å². The Balaban J connectivity index is 2.15. The highest BCUT2D eigenvalue weighted by molar-refractivity contribution is 5.48. The van der Waals surface area contributed by atoms with Crippen molar-refractivity contribution in [3.8, 4) is 0 Å². The summed E-state index contributed by atoms with van der Waals surface area (Å²) in [6, 6.07) is 0.734. The third-order valence-electron chi connectivity index (χ3n) is 11.0. The van der Waals surface area contributed by atoms with E-state index in [-0.39, 0.29) is 22.2 Å². The highest BCUT2D eigenvalue weighted by atomic mass is 15.4. The van der Waals surface area contributed by atoms with E-state index >= 15 is 0 Å². The number of likely N-dealkylation sites (tertiary alicyclic amines) is 2. The highest BCUT2D eigenvalue weighted by Gasteiger charge is 2.48. The summed E-state index contributed by atoms with van der Waals surface area (Å²) in [6.07, 6.45) is 9.00. The minimum Gasteiger partial charge on any atom is -0.341 e. The molecule has 3 heterocycles. The predicted molar refractivity (Wildman–Crippen MR) is 195 cm³/mol. The van der Waals surface area contributed by atoms with Crippen LogP contribution in [0.2, 0.25) is 0 Å². The first kappa shape index (κ1) is 37.8. The van der Waals surface area contributed by atoms with Crippen LogP contribution in [0, 0.1) is 0 Å². The Morgan fingerprint density at radius 3 is 1.11 bits per heavy atom. The number of piperidine rings is 2. The van der Waals surface area contributed by atoms with Gasteiger partial charge in [-0.1, -0.05) is 40.5 Å². The molecule has 2 saturated heterocycles. The van der Waals surface area contributed by atoms with Crippen molar-refractivity contribution in [2.75, 3.05) is 54.0 Å². The number of aromatic nitrogens is 3. The Kier molecular flexibility index (Phi) is 12.6. The van der Waals surface area contributed by atoms with Crippen LogP contribution in [0.15, 0.2) is 0 Å². The summed E-state index contributed by atoms with van der Waals surface area (Å²) in [7, 11) is 0. The first-order chi connectivity index (χ1) is 21.0. The van der Waals surface area contributed by atoms with Gasteiger partial charge in [0.05, 0.1) is 0 Å². The Morgan fingerprint density at radius 1 is 0.533 bits per heavy atom. The van der Waals surface area contributed by atoms with Gasteiger partial charge in [-0.2, -0.15) is 15.0 Å². The highest BCUT2D eigenvalue weighted by Crippen LogP contribution is 2.43. The quantitative estimate of drug-likeness (QED) is 0.194. The molecule has 0 N–H and O–H groups in total. The molecule has 2 aliphatic rings. The zero-order valence-corrected chi connectivity index (χ0v) is 32.1. The van der Waals surface area contributed by atoms with Crippen LogP contribution < -0.4 is 14.7 Å². The first-order valence-corrected chi connectivity index (χ1v) is 18.6. The molecule has 2 fully saturated rings. The van der Waals surface area contributed by atoms with Gasteiger partial charge in [-0.15, -0.1) is 0 Å². The number of hydrogen-bond acceptors (Lipinski definition) is 8. The minimum atomic E-state index is 0.0986. The van der Waals surface area contributed by atoms with Gasteiger partial charge in [0.1, 0.15) is 0 Å². The van der Waals surface area contributed by atoms with Crippen LogP contribution in [0.25, 0.3) is 0 Å². The van der Waals surface area contributed by atoms with Crippen molar-refractivity contribution < 1.29 is 0 Å². The topological polar surface area (TPSA) is 54.9 Å². The molecule has 0 atom stereocenters. The van der Waals surface area contributed by atoms with Gasteiger partial charge in [-0.05, 0) is 121 Å². The third-order valence-corrected chi connectivity index (χ3v) is 11.0. The molecule has 0 amide bonds. The average molecular weight is 629 g/mol. The van der Waals surface area contributed by atoms with Gasteiger partial charge < -0.3 is 14.7 Å². The third kappa shape index (κ3) is 8.44. The lowest BCUT2D eigenvalue weighted by molar-refractivity contribution is -0.0315. The predicted octanol–water partition coefficient (Wildman–Crippen LogP) is 8.01. The zero-order valence-electron chi connectivity index (χ0n) is 32.1. The van der Waals surface area contributed by atoms with Crippen LogP contribution in [0.4, 0.5) is 17.8 Å². The number of anilines is 3. The lowest BCUT2D eigenvalue weighted by Crippen LogP contribution is -2.64. The summed E-state index contributed by atoms with van der Waals surface area (Å²) in [6.45, 7) is 39.0. The molecule has 0 aliphatic carbocycles. The molecule has 3 rings (SSSR count). The van der Waals surface area contributed by atoms with E-state index < -0.39 is 0 Å². The van der Waals surface area contributed by atoms with Gasteiger partial charge in [0, 0.05) is 60.4 Å². The monoisotopic (exact) mass is 629 g/mol. The molecule has 0 bridgehead atoms. The number of rotatable bonds is 15. The molecule has 260 valence electrons. The van der Waals surface area contributed by atoms with Gasteiger partial charge in [0.2, 0.25) is 17.8 Å². The normalized spacial score (nSPS) is 22.0. The summed E-state index contributed by atoms with van der Waals surface area (Å²) in [5.74, 6) is 2.59. The second kappa shape index (κ2) is 15.0. The van der Waals surface area contributed by atoms with E-state index in [0.29, 0.717) is 12.1 Å². The molecule has 0 spiro atoms. The first-order valence-electron chi connectivity index (χ1n) is 18.6. The average Bonchev–Trinajstić information content (AvgIpc) is 2.91. The van der Waals surface area contributed by atoms with Gasteiger partial charge in [-0.25, -0.2) is 0 Å². The molecule has 1 aromatic rings. The van der Waals surface area contributed by atoms with Crippen LogP contribution in [0.3, 0.4) is 0 Å². The van der Waals surface area contributed by atoms with E-state index in [9.17, 15) is 0 Å². The molecule has 0 unspecified atom stereocenters. The van der Waals surface area contributed by atoms with Crippen LogP contribution in [0.5, 0.6) is 0 Å². The minimum absolute atomic E-state index is 0.0986. The zero-order chi connectivity index (χ0) is 33.8. The Bertz CT molecular complexity index is 952. The summed E-state index contributed by atoms with van der Waals surface area (Å²) >= 11 is 0. The van der Waals surface area contributed by atoms with E-state index in [1.54, 1.807) is 0 Å². The molecule has 8 nitrogen and oxygen atoms in total. The van der Waals surface area contributed by atoms with E-state index in [0.717, 1.165) is 108 Å². The van der Waals surface area contributed by atoms with E-state index in [2.05, 4.69) is 121 Å². The van der Waals surface area contributed by atoms with E-state index in [4.69, 9.17) is 15.0 Å². The Hall–Kier alpha value is -1.67. The van der Waals surface area contributed by atoms with Crippen molar-refractivity contribution >= 4 is 17.8 Å². The maximum atomic E-state index is 5.41. The molecular weight excluding hydrogens is 556 g/mol. The SMILES string of the molecule is CCCCN(CCCC)c1nc(N(CC)C2CC(C)(C)N(CC)C(C)(C)C2)nc(N(CC)C2CC(C)(C)N(CC)C(C)(C)C2)n1. The molecule has 2 aliphatic heterocycles. The molecule has 8 heteroatoms. The maximum Gasteiger partial charge on any atom is 0.232 e. The van der Waals surface area contributed by atoms with Crippen LogP contribution in [-0.2, 0) is 0 Å². The summed E-state index contributed by atoms with van der Waals surface area (Å²) in [5.41, 5.74) is 0.395. The smallest absolute Gasteiger partial charge is 0.232 e.